The smallest absolute Gasteiger partial charge is 0.329 e. The number of hydrogen-bond donors (Lipinski definition) is 2. The first-order chi connectivity index (χ1) is 9.88. The van der Waals surface area contributed by atoms with E-state index in [1.165, 1.54) is 17.9 Å². The fourth-order valence-electron chi connectivity index (χ4n) is 2.41. The Kier molecular flexibility index (Phi) is 3.80. The van der Waals surface area contributed by atoms with Gasteiger partial charge in [0, 0.05) is 6.54 Å². The van der Waals surface area contributed by atoms with Gasteiger partial charge in [-0.25, -0.2) is 14.0 Å². The highest BCUT2D eigenvalue weighted by atomic mass is 19.1. The van der Waals surface area contributed by atoms with Crippen molar-refractivity contribution in [3.8, 4) is 6.07 Å². The molecule has 2 amide bonds. The van der Waals surface area contributed by atoms with Crippen LogP contribution in [-0.4, -0.2) is 34.1 Å². The van der Waals surface area contributed by atoms with Crippen molar-refractivity contribution in [2.24, 2.45) is 0 Å². The maximum absolute atomic E-state index is 13.0. The average molecular weight is 291 g/mol. The molecule has 2 rings (SSSR count). The number of likely N-dealkylation sites (tertiary alicyclic amines) is 1. The minimum atomic E-state index is -1.27. The summed E-state index contributed by atoms with van der Waals surface area (Å²) >= 11 is 0. The summed E-state index contributed by atoms with van der Waals surface area (Å²) in [5.74, 6) is -1.66. The van der Waals surface area contributed by atoms with Crippen molar-refractivity contribution in [2.45, 2.75) is 25.3 Å². The van der Waals surface area contributed by atoms with E-state index in [-0.39, 0.29) is 11.3 Å². The monoisotopic (exact) mass is 291 g/mol. The van der Waals surface area contributed by atoms with E-state index in [0.29, 0.717) is 19.4 Å². The lowest BCUT2D eigenvalue weighted by Crippen LogP contribution is -2.52. The first-order valence-electron chi connectivity index (χ1n) is 6.40. The van der Waals surface area contributed by atoms with Gasteiger partial charge in [0.25, 0.3) is 0 Å². The molecule has 1 saturated heterocycles. The van der Waals surface area contributed by atoms with Gasteiger partial charge >= 0.3 is 12.0 Å². The van der Waals surface area contributed by atoms with Crippen LogP contribution in [0.4, 0.5) is 14.9 Å². The Morgan fingerprint density at radius 1 is 1.52 bits per heavy atom. The molecule has 1 fully saturated rings. The van der Waals surface area contributed by atoms with Crippen molar-refractivity contribution in [2.75, 3.05) is 11.9 Å². The molecule has 1 unspecified atom stereocenters. The molecule has 0 bridgehead atoms. The number of rotatable bonds is 2. The van der Waals surface area contributed by atoms with Crippen molar-refractivity contribution in [1.82, 2.24) is 4.90 Å². The Morgan fingerprint density at radius 2 is 2.24 bits per heavy atom. The minimum Gasteiger partial charge on any atom is -0.480 e. The Bertz CT molecular complexity index is 641. The third-order valence-corrected chi connectivity index (χ3v) is 3.69. The van der Waals surface area contributed by atoms with Crippen molar-refractivity contribution in [1.29, 1.82) is 5.26 Å². The number of carboxylic acid groups (broad SMARTS) is 1. The number of anilines is 1. The Balaban J connectivity index is 2.23. The summed E-state index contributed by atoms with van der Waals surface area (Å²) in [6, 6.07) is 4.59. The fourth-order valence-corrected chi connectivity index (χ4v) is 2.41. The standard InChI is InChI=1S/C14H14FN3O3/c1-14(12(19)20)5-2-6-18(14)13(21)17-11-4-3-10(15)7-9(11)8-16/h3-4,7H,2,5-6H2,1H3,(H,17,21)(H,19,20). The van der Waals surface area contributed by atoms with Gasteiger partial charge in [-0.2, -0.15) is 5.26 Å². The highest BCUT2D eigenvalue weighted by molar-refractivity contribution is 5.95. The van der Waals surface area contributed by atoms with E-state index in [0.717, 1.165) is 12.1 Å². The Labute approximate surface area is 120 Å². The van der Waals surface area contributed by atoms with Crippen LogP contribution in [0.1, 0.15) is 25.3 Å². The van der Waals surface area contributed by atoms with E-state index < -0.39 is 23.4 Å². The summed E-state index contributed by atoms with van der Waals surface area (Å²) in [4.78, 5) is 24.8. The molecule has 1 heterocycles. The number of nitrogens with one attached hydrogen (secondary N) is 1. The highest BCUT2D eigenvalue weighted by Crippen LogP contribution is 2.30. The van der Waals surface area contributed by atoms with Crippen LogP contribution in [-0.2, 0) is 4.79 Å². The molecule has 1 aliphatic heterocycles. The number of amides is 2. The normalized spacial score (nSPS) is 20.9. The van der Waals surface area contributed by atoms with Crippen molar-refractivity contribution in [3.05, 3.63) is 29.6 Å². The van der Waals surface area contributed by atoms with E-state index in [1.807, 2.05) is 0 Å². The van der Waals surface area contributed by atoms with Crippen LogP contribution in [0.25, 0.3) is 0 Å². The molecule has 0 aromatic heterocycles. The van der Waals surface area contributed by atoms with Crippen LogP contribution in [0, 0.1) is 17.1 Å². The van der Waals surface area contributed by atoms with Crippen molar-refractivity contribution >= 4 is 17.7 Å². The van der Waals surface area contributed by atoms with Gasteiger partial charge in [-0.15, -0.1) is 0 Å². The maximum atomic E-state index is 13.0. The predicted octanol–water partition coefficient (Wildman–Crippen LogP) is 2.17. The lowest BCUT2D eigenvalue weighted by Gasteiger charge is -2.31. The number of carboxylic acids is 1. The number of halogens is 1. The van der Waals surface area contributed by atoms with E-state index in [2.05, 4.69) is 5.32 Å². The van der Waals surface area contributed by atoms with Crippen molar-refractivity contribution in [3.63, 3.8) is 0 Å². The molecular formula is C14H14FN3O3. The second kappa shape index (κ2) is 5.40. The Morgan fingerprint density at radius 3 is 2.86 bits per heavy atom. The zero-order chi connectivity index (χ0) is 15.6. The molecule has 0 radical (unpaired) electrons. The van der Waals surface area contributed by atoms with Gasteiger partial charge in [0.05, 0.1) is 11.3 Å². The summed E-state index contributed by atoms with van der Waals surface area (Å²) in [6.45, 7) is 1.80. The molecular weight excluding hydrogens is 277 g/mol. The summed E-state index contributed by atoms with van der Waals surface area (Å²) < 4.78 is 13.0. The maximum Gasteiger partial charge on any atom is 0.329 e. The molecule has 6 nitrogen and oxygen atoms in total. The predicted molar refractivity (Wildman–Crippen MR) is 72.1 cm³/mol. The van der Waals surface area contributed by atoms with Crippen molar-refractivity contribution < 1.29 is 19.1 Å². The number of carbonyl (C=O) groups is 2. The number of hydrogen-bond acceptors (Lipinski definition) is 3. The first kappa shape index (κ1) is 14.8. The molecule has 1 atom stereocenters. The lowest BCUT2D eigenvalue weighted by molar-refractivity contribution is -0.146. The second-order valence-electron chi connectivity index (χ2n) is 5.07. The summed E-state index contributed by atoms with van der Waals surface area (Å²) in [6.07, 6.45) is 0.953. The van der Waals surface area contributed by atoms with Gasteiger partial charge in [-0.1, -0.05) is 0 Å². The average Bonchev–Trinajstić information content (AvgIpc) is 2.84. The second-order valence-corrected chi connectivity index (χ2v) is 5.07. The molecule has 2 N–H and O–H groups in total. The minimum absolute atomic E-state index is 0.0143. The van der Waals surface area contributed by atoms with Gasteiger partial charge in [0.2, 0.25) is 0 Å². The van der Waals surface area contributed by atoms with Gasteiger partial charge in [-0.3, -0.25) is 0 Å². The third kappa shape index (κ3) is 2.65. The van der Waals surface area contributed by atoms with Gasteiger partial charge < -0.3 is 15.3 Å². The van der Waals surface area contributed by atoms with Gasteiger partial charge in [0.1, 0.15) is 17.4 Å². The molecule has 1 aliphatic rings. The summed E-state index contributed by atoms with van der Waals surface area (Å²) in [7, 11) is 0. The number of carbonyl (C=O) groups excluding carboxylic acids is 1. The summed E-state index contributed by atoms with van der Waals surface area (Å²) in [5.41, 5.74) is -1.13. The molecule has 0 saturated carbocycles. The first-order valence-corrected chi connectivity index (χ1v) is 6.40. The van der Waals surface area contributed by atoms with Gasteiger partial charge in [-0.05, 0) is 38.0 Å². The van der Waals surface area contributed by atoms with E-state index in [1.54, 1.807) is 6.07 Å². The lowest BCUT2D eigenvalue weighted by atomic mass is 10.00. The van der Waals surface area contributed by atoms with E-state index in [4.69, 9.17) is 5.26 Å². The highest BCUT2D eigenvalue weighted by Gasteiger charge is 2.46. The zero-order valence-corrected chi connectivity index (χ0v) is 11.4. The molecule has 1 aromatic rings. The topological polar surface area (TPSA) is 93.4 Å². The van der Waals surface area contributed by atoms with Crippen LogP contribution in [0.3, 0.4) is 0 Å². The number of urea groups is 1. The van der Waals surface area contributed by atoms with Crippen LogP contribution in [0.5, 0.6) is 0 Å². The van der Waals surface area contributed by atoms with Crippen LogP contribution in [0.15, 0.2) is 18.2 Å². The van der Waals surface area contributed by atoms with Gasteiger partial charge in [0.15, 0.2) is 0 Å². The molecule has 21 heavy (non-hydrogen) atoms. The number of aliphatic carboxylic acids is 1. The molecule has 0 aliphatic carbocycles. The molecule has 0 spiro atoms. The SMILES string of the molecule is CC1(C(=O)O)CCCN1C(=O)Nc1ccc(F)cc1C#N. The van der Waals surface area contributed by atoms with Crippen LogP contribution >= 0.6 is 0 Å². The fraction of sp³-hybridized carbons (Fsp3) is 0.357. The number of nitriles is 1. The zero-order valence-electron chi connectivity index (χ0n) is 11.4. The van der Waals surface area contributed by atoms with E-state index >= 15 is 0 Å². The molecule has 7 heteroatoms. The Hall–Kier alpha value is -2.62. The molecule has 1 aromatic carbocycles. The third-order valence-electron chi connectivity index (χ3n) is 3.69. The summed E-state index contributed by atoms with van der Waals surface area (Å²) in [5, 5.41) is 20.7. The number of nitrogens with zero attached hydrogens (tertiary/aromatic N) is 2. The largest absolute Gasteiger partial charge is 0.480 e. The van der Waals surface area contributed by atoms with E-state index in [9.17, 15) is 19.1 Å². The van der Waals surface area contributed by atoms with Crippen LogP contribution < -0.4 is 5.32 Å². The van der Waals surface area contributed by atoms with Crippen LogP contribution in [0.2, 0.25) is 0 Å². The number of benzene rings is 1. The quantitative estimate of drug-likeness (QED) is 0.873. The molecule has 110 valence electrons.